The molecule has 46 heavy (non-hydrogen) atoms. The number of fused-ring (bicyclic) bond motifs is 1. The summed E-state index contributed by atoms with van der Waals surface area (Å²) in [6.45, 7) is 11.2. The van der Waals surface area contributed by atoms with Crippen LogP contribution in [0.2, 0.25) is 10.0 Å². The van der Waals surface area contributed by atoms with Crippen LogP contribution in [-0.4, -0.2) is 44.2 Å². The van der Waals surface area contributed by atoms with E-state index in [0.29, 0.717) is 65.2 Å². The van der Waals surface area contributed by atoms with Crippen molar-refractivity contribution in [1.82, 2.24) is 14.3 Å². The van der Waals surface area contributed by atoms with E-state index in [1.807, 2.05) is 13.8 Å². The number of benzene rings is 2. The first kappa shape index (κ1) is 34.9. The lowest BCUT2D eigenvalue weighted by Gasteiger charge is -2.27. The van der Waals surface area contributed by atoms with Gasteiger partial charge in [0.05, 0.1) is 27.0 Å². The van der Waals surface area contributed by atoms with E-state index >= 15 is 0 Å². The number of ether oxygens (including phenoxy) is 1. The zero-order valence-electron chi connectivity index (χ0n) is 27.0. The van der Waals surface area contributed by atoms with Crippen LogP contribution in [-0.2, 0) is 22.6 Å². The van der Waals surface area contributed by atoms with Crippen LogP contribution in [0.4, 0.5) is 0 Å². The van der Waals surface area contributed by atoms with Crippen LogP contribution in [0.25, 0.3) is 5.69 Å². The van der Waals surface area contributed by atoms with E-state index in [2.05, 4.69) is 49.1 Å². The summed E-state index contributed by atoms with van der Waals surface area (Å²) >= 11 is 12.3. The number of aliphatic hydroxyl groups is 1. The summed E-state index contributed by atoms with van der Waals surface area (Å²) in [6.07, 6.45) is 9.39. The van der Waals surface area contributed by atoms with Gasteiger partial charge in [-0.05, 0) is 75.6 Å². The van der Waals surface area contributed by atoms with E-state index in [1.165, 1.54) is 33.0 Å². The number of Topliss-reactive ketones (excluding diaryl/α,β-unsaturated/α-hetero) is 1. The van der Waals surface area contributed by atoms with Crippen molar-refractivity contribution in [3.05, 3.63) is 84.2 Å². The van der Waals surface area contributed by atoms with Crippen LogP contribution in [0, 0.1) is 33.1 Å². The number of hydrogen-bond acceptors (Lipinski definition) is 7. The molecule has 0 spiro atoms. The number of hydrogen-bond donors (Lipinski definition) is 1. The van der Waals surface area contributed by atoms with Gasteiger partial charge in [-0.25, -0.2) is 4.79 Å². The van der Waals surface area contributed by atoms with Gasteiger partial charge in [-0.15, -0.1) is 11.5 Å². The first-order chi connectivity index (χ1) is 22.0. The molecule has 1 aliphatic heterocycles. The fraction of sp³-hybridized carbons (Fsp3) is 0.429. The molecular formula is C35H40Cl2N4O5. The van der Waals surface area contributed by atoms with Gasteiger partial charge in [0, 0.05) is 31.9 Å². The summed E-state index contributed by atoms with van der Waals surface area (Å²) in [5.74, 6) is 3.61. The standard InChI is InChI=1S/C20H27NO3.C15H13Cl2N3O2/c1-6-16(21-24-7-2)20-17(22)10-15(11-18(20)23)19-13(4)8-12(3)9-14(19)5;1-2-7-22-13-9-12(10(16)8-11(13)17)20-15(21)19-6-4-3-5-14(19)18-20/h8-9,15,22H,6-7,10-11H2,1-5H3;1,8-9H,3-7H2/b21-16+;. The SMILES string of the molecule is C#CCOc1cc(-n2nc3n(c2=O)CCCC3)c(Cl)cc1Cl.CCO/N=C(\CC)C1=C(O)CC(c2c(C)cc(C)cc2C)CC1=O. The molecule has 11 heteroatoms. The number of oxime groups is 1. The zero-order chi connectivity index (χ0) is 33.5. The Bertz CT molecular complexity index is 1760. The number of aromatic nitrogens is 3. The molecule has 9 nitrogen and oxygen atoms in total. The number of rotatable bonds is 8. The normalized spacial score (nSPS) is 16.3. The molecular weight excluding hydrogens is 627 g/mol. The second kappa shape index (κ2) is 15.5. The number of ketones is 1. The van der Waals surface area contributed by atoms with Gasteiger partial charge in [-0.2, -0.15) is 4.68 Å². The van der Waals surface area contributed by atoms with Gasteiger partial charge in [0.2, 0.25) is 0 Å². The van der Waals surface area contributed by atoms with E-state index in [1.54, 1.807) is 10.6 Å². The molecule has 2 aliphatic rings. The number of carbonyl (C=O) groups excluding carboxylic acids is 1. The molecule has 0 saturated heterocycles. The molecule has 0 saturated carbocycles. The number of nitrogens with zero attached hydrogens (tertiary/aromatic N) is 4. The monoisotopic (exact) mass is 666 g/mol. The minimum absolute atomic E-state index is 0.0204. The van der Waals surface area contributed by atoms with Crippen molar-refractivity contribution in [1.29, 1.82) is 0 Å². The van der Waals surface area contributed by atoms with Gasteiger partial charge in [0.15, 0.2) is 5.78 Å². The highest BCUT2D eigenvalue weighted by molar-refractivity contribution is 6.36. The van der Waals surface area contributed by atoms with Crippen molar-refractivity contribution >= 4 is 34.7 Å². The third-order valence-corrected chi connectivity index (χ3v) is 8.62. The van der Waals surface area contributed by atoms with Crippen LogP contribution in [0.15, 0.2) is 45.5 Å². The molecule has 2 aromatic carbocycles. The van der Waals surface area contributed by atoms with Gasteiger partial charge in [-0.3, -0.25) is 9.36 Å². The van der Waals surface area contributed by atoms with Gasteiger partial charge < -0.3 is 14.7 Å². The lowest BCUT2D eigenvalue weighted by Crippen LogP contribution is -2.26. The maximum Gasteiger partial charge on any atom is 0.350 e. The Hall–Kier alpha value is -4.00. The highest BCUT2D eigenvalue weighted by atomic mass is 35.5. The Balaban J connectivity index is 0.000000209. The third kappa shape index (κ3) is 7.68. The first-order valence-electron chi connectivity index (χ1n) is 15.5. The average molecular weight is 668 g/mol. The van der Waals surface area contributed by atoms with Gasteiger partial charge in [-0.1, -0.05) is 58.9 Å². The highest BCUT2D eigenvalue weighted by Gasteiger charge is 2.32. The van der Waals surface area contributed by atoms with Crippen molar-refractivity contribution < 1.29 is 19.5 Å². The Kier molecular flexibility index (Phi) is 11.8. The first-order valence-corrected chi connectivity index (χ1v) is 16.2. The molecule has 1 N–H and O–H groups in total. The molecule has 0 radical (unpaired) electrons. The molecule has 244 valence electrons. The van der Waals surface area contributed by atoms with Crippen LogP contribution in [0.3, 0.4) is 0 Å². The maximum absolute atomic E-state index is 12.7. The minimum atomic E-state index is -0.207. The number of carbonyl (C=O) groups is 1. The molecule has 0 fully saturated rings. The third-order valence-electron chi connectivity index (χ3n) is 8.02. The molecule has 1 aliphatic carbocycles. The van der Waals surface area contributed by atoms with Crippen molar-refractivity contribution in [3.63, 3.8) is 0 Å². The summed E-state index contributed by atoms with van der Waals surface area (Å²) in [7, 11) is 0. The predicted molar refractivity (Wildman–Crippen MR) is 182 cm³/mol. The van der Waals surface area contributed by atoms with Gasteiger partial charge in [0.25, 0.3) is 0 Å². The van der Waals surface area contributed by atoms with Crippen molar-refractivity contribution in [2.24, 2.45) is 5.16 Å². The van der Waals surface area contributed by atoms with Crippen LogP contribution >= 0.6 is 23.2 Å². The van der Waals surface area contributed by atoms with E-state index in [-0.39, 0.29) is 29.8 Å². The zero-order valence-corrected chi connectivity index (χ0v) is 28.5. The largest absolute Gasteiger partial charge is 0.511 e. The van der Waals surface area contributed by atoms with Crippen molar-refractivity contribution in [2.45, 2.75) is 85.6 Å². The van der Waals surface area contributed by atoms with E-state index in [9.17, 15) is 14.7 Å². The second-order valence-electron chi connectivity index (χ2n) is 11.4. The van der Waals surface area contributed by atoms with Crippen molar-refractivity contribution in [2.75, 3.05) is 13.2 Å². The molecule has 0 amide bonds. The molecule has 0 bridgehead atoms. The Labute approximate surface area is 279 Å². The maximum atomic E-state index is 12.7. The van der Waals surface area contributed by atoms with E-state index < -0.39 is 0 Å². The lowest BCUT2D eigenvalue weighted by molar-refractivity contribution is -0.116. The molecule has 1 aromatic heterocycles. The molecule has 1 atom stereocenters. The Morgan fingerprint density at radius 2 is 1.80 bits per heavy atom. The van der Waals surface area contributed by atoms with Gasteiger partial charge in [0.1, 0.15) is 30.5 Å². The summed E-state index contributed by atoms with van der Waals surface area (Å²) < 4.78 is 8.34. The average Bonchev–Trinajstić information content (AvgIpc) is 3.34. The molecule has 1 unspecified atom stereocenters. The smallest absolute Gasteiger partial charge is 0.350 e. The number of halogens is 2. The van der Waals surface area contributed by atoms with Crippen molar-refractivity contribution in [3.8, 4) is 23.8 Å². The predicted octanol–water partition coefficient (Wildman–Crippen LogP) is 7.36. The topological polar surface area (TPSA) is 108 Å². The Morgan fingerprint density at radius 1 is 1.09 bits per heavy atom. The number of aryl methyl sites for hydroxylation is 4. The van der Waals surface area contributed by atoms with Crippen LogP contribution < -0.4 is 10.4 Å². The number of allylic oxidation sites excluding steroid dienone is 2. The number of terminal acetylenes is 1. The fourth-order valence-corrected chi connectivity index (χ4v) is 6.68. The minimum Gasteiger partial charge on any atom is -0.511 e. The summed E-state index contributed by atoms with van der Waals surface area (Å²) in [5, 5.41) is 19.6. The highest BCUT2D eigenvalue weighted by Crippen LogP contribution is 2.38. The lowest BCUT2D eigenvalue weighted by atomic mass is 9.78. The molecule has 3 aromatic rings. The second-order valence-corrected chi connectivity index (χ2v) is 12.2. The molecule has 2 heterocycles. The quantitative estimate of drug-likeness (QED) is 0.153. The summed E-state index contributed by atoms with van der Waals surface area (Å²) in [4.78, 5) is 30.3. The number of aliphatic hydroxyl groups excluding tert-OH is 1. The van der Waals surface area contributed by atoms with Gasteiger partial charge >= 0.3 is 5.69 Å². The van der Waals surface area contributed by atoms with Crippen LogP contribution in [0.1, 0.15) is 79.9 Å². The summed E-state index contributed by atoms with van der Waals surface area (Å²) in [6, 6.07) is 7.38. The fourth-order valence-electron chi connectivity index (χ4n) is 6.16. The van der Waals surface area contributed by atoms with Crippen LogP contribution in [0.5, 0.6) is 5.75 Å². The summed E-state index contributed by atoms with van der Waals surface area (Å²) in [5.41, 5.74) is 5.87. The van der Waals surface area contributed by atoms with E-state index in [0.717, 1.165) is 25.1 Å². The Morgan fingerprint density at radius 3 is 2.41 bits per heavy atom. The van der Waals surface area contributed by atoms with E-state index in [4.69, 9.17) is 39.2 Å². The molecule has 5 rings (SSSR count).